The van der Waals surface area contributed by atoms with E-state index >= 15 is 4.39 Å². The molecular formula is C31H37F2N9O. The van der Waals surface area contributed by atoms with E-state index in [-0.39, 0.29) is 23.2 Å². The number of nitrogens with one attached hydrogen (secondary N) is 1. The summed E-state index contributed by atoms with van der Waals surface area (Å²) in [4.78, 5) is 25.0. The Morgan fingerprint density at radius 3 is 2.53 bits per heavy atom. The van der Waals surface area contributed by atoms with Crippen molar-refractivity contribution < 1.29 is 13.5 Å². The van der Waals surface area contributed by atoms with E-state index in [1.54, 1.807) is 6.07 Å². The molecule has 0 saturated carbocycles. The molecule has 2 saturated heterocycles. The van der Waals surface area contributed by atoms with Gasteiger partial charge in [-0.25, -0.2) is 28.7 Å². The van der Waals surface area contributed by atoms with Crippen molar-refractivity contribution in [3.05, 3.63) is 59.7 Å². The van der Waals surface area contributed by atoms with Crippen LogP contribution in [-0.4, -0.2) is 98.2 Å². The number of imidazole rings is 1. The number of pyridine rings is 1. The van der Waals surface area contributed by atoms with E-state index in [0.29, 0.717) is 35.9 Å². The van der Waals surface area contributed by atoms with Gasteiger partial charge in [-0.1, -0.05) is 6.07 Å². The van der Waals surface area contributed by atoms with Crippen molar-refractivity contribution in [2.24, 2.45) is 0 Å². The monoisotopic (exact) mass is 589 g/mol. The number of benzene rings is 1. The Balaban J connectivity index is 1.02. The van der Waals surface area contributed by atoms with Gasteiger partial charge >= 0.3 is 0 Å². The fourth-order valence-corrected chi connectivity index (χ4v) is 6.57. The van der Waals surface area contributed by atoms with Crippen LogP contribution >= 0.6 is 0 Å². The number of piperidine rings is 1. The predicted octanol–water partition coefficient (Wildman–Crippen LogP) is 4.21. The fourth-order valence-electron chi connectivity index (χ4n) is 6.57. The molecule has 3 aromatic heterocycles. The van der Waals surface area contributed by atoms with Crippen LogP contribution in [0.25, 0.3) is 22.3 Å². The normalized spacial score (nSPS) is 20.9. The third-order valence-corrected chi connectivity index (χ3v) is 8.95. The number of ether oxygens (including phenoxy) is 1. The van der Waals surface area contributed by atoms with Crippen LogP contribution in [0.1, 0.15) is 37.2 Å². The Bertz CT molecular complexity index is 1600. The van der Waals surface area contributed by atoms with Gasteiger partial charge in [-0.15, -0.1) is 0 Å². The number of anilines is 2. The Kier molecular flexibility index (Phi) is 7.76. The molecule has 4 aromatic rings. The number of hydrogen-bond acceptors (Lipinski definition) is 9. The minimum atomic E-state index is -0.640. The second-order valence-electron chi connectivity index (χ2n) is 12.0. The molecule has 0 spiro atoms. The SMILES string of the molecule is CC1COCc2nc3c(F)cc(-c4nc(Nc5ccc(CN6CCN(C7CCN(C)CC7)CC6)cn5)ncc4F)cc3n21. The van der Waals surface area contributed by atoms with E-state index < -0.39 is 11.6 Å². The van der Waals surface area contributed by atoms with Crippen molar-refractivity contribution >= 4 is 22.8 Å². The minimum Gasteiger partial charge on any atom is -0.371 e. The molecule has 1 N–H and O–H groups in total. The van der Waals surface area contributed by atoms with Gasteiger partial charge in [-0.05, 0) is 63.7 Å². The Morgan fingerprint density at radius 2 is 1.77 bits per heavy atom. The molecule has 7 rings (SSSR count). The molecule has 1 aromatic carbocycles. The highest BCUT2D eigenvalue weighted by Crippen LogP contribution is 2.32. The molecule has 3 aliphatic heterocycles. The summed E-state index contributed by atoms with van der Waals surface area (Å²) >= 11 is 0. The van der Waals surface area contributed by atoms with E-state index in [4.69, 9.17) is 4.74 Å². The first-order valence-electron chi connectivity index (χ1n) is 15.1. The molecule has 12 heteroatoms. The molecule has 0 bridgehead atoms. The molecule has 1 unspecified atom stereocenters. The zero-order valence-corrected chi connectivity index (χ0v) is 24.6. The number of hydrogen-bond donors (Lipinski definition) is 1. The van der Waals surface area contributed by atoms with Crippen LogP contribution in [-0.2, 0) is 17.9 Å². The first-order chi connectivity index (χ1) is 20.9. The number of piperazine rings is 1. The first kappa shape index (κ1) is 28.2. The maximum Gasteiger partial charge on any atom is 0.229 e. The number of fused-ring (bicyclic) bond motifs is 3. The maximum absolute atomic E-state index is 15.1. The summed E-state index contributed by atoms with van der Waals surface area (Å²) < 4.78 is 37.6. The number of aromatic nitrogens is 5. The lowest BCUT2D eigenvalue weighted by molar-refractivity contribution is 0.0618. The number of likely N-dealkylation sites (tertiary alicyclic amines) is 1. The van der Waals surface area contributed by atoms with Crippen molar-refractivity contribution in [1.29, 1.82) is 0 Å². The minimum absolute atomic E-state index is 0.00423. The molecule has 10 nitrogen and oxygen atoms in total. The van der Waals surface area contributed by atoms with Gasteiger partial charge in [0.25, 0.3) is 0 Å². The van der Waals surface area contributed by atoms with Crippen molar-refractivity contribution in [1.82, 2.24) is 39.2 Å². The number of rotatable bonds is 6. The highest BCUT2D eigenvalue weighted by molar-refractivity contribution is 5.83. The van der Waals surface area contributed by atoms with Crippen LogP contribution in [0, 0.1) is 11.6 Å². The summed E-state index contributed by atoms with van der Waals surface area (Å²) in [5, 5.41) is 3.07. The number of nitrogens with zero attached hydrogens (tertiary/aromatic N) is 8. The smallest absolute Gasteiger partial charge is 0.229 e. The lowest BCUT2D eigenvalue weighted by Gasteiger charge is -2.42. The van der Waals surface area contributed by atoms with E-state index in [2.05, 4.69) is 47.0 Å². The summed E-state index contributed by atoms with van der Waals surface area (Å²) in [5.74, 6) is 0.209. The van der Waals surface area contributed by atoms with Gasteiger partial charge in [0.1, 0.15) is 29.5 Å². The number of halogens is 2. The first-order valence-corrected chi connectivity index (χ1v) is 15.1. The van der Waals surface area contributed by atoms with E-state index in [1.165, 1.54) is 32.0 Å². The highest BCUT2D eigenvalue weighted by atomic mass is 19.1. The molecule has 6 heterocycles. The third kappa shape index (κ3) is 5.84. The van der Waals surface area contributed by atoms with Gasteiger partial charge < -0.3 is 19.5 Å². The summed E-state index contributed by atoms with van der Waals surface area (Å²) in [6.07, 6.45) is 5.48. The molecule has 3 aliphatic rings. The second-order valence-corrected chi connectivity index (χ2v) is 12.0. The molecule has 43 heavy (non-hydrogen) atoms. The average molecular weight is 590 g/mol. The van der Waals surface area contributed by atoms with Crippen molar-refractivity contribution in [3.63, 3.8) is 0 Å². The van der Waals surface area contributed by atoms with E-state index in [9.17, 15) is 4.39 Å². The van der Waals surface area contributed by atoms with Gasteiger partial charge in [0, 0.05) is 50.5 Å². The molecule has 0 radical (unpaired) electrons. The maximum atomic E-state index is 15.1. The van der Waals surface area contributed by atoms with E-state index in [0.717, 1.165) is 50.5 Å². The summed E-state index contributed by atoms with van der Waals surface area (Å²) in [7, 11) is 2.21. The lowest BCUT2D eigenvalue weighted by atomic mass is 10.0. The molecule has 226 valence electrons. The van der Waals surface area contributed by atoms with Crippen LogP contribution in [0.4, 0.5) is 20.5 Å². The van der Waals surface area contributed by atoms with Gasteiger partial charge in [-0.2, -0.15) is 0 Å². The lowest BCUT2D eigenvalue weighted by Crippen LogP contribution is -2.52. The molecule has 2 fully saturated rings. The average Bonchev–Trinajstić information content (AvgIpc) is 3.40. The van der Waals surface area contributed by atoms with Crippen LogP contribution in [0.3, 0.4) is 0 Å². The van der Waals surface area contributed by atoms with Gasteiger partial charge in [0.2, 0.25) is 5.95 Å². The highest BCUT2D eigenvalue weighted by Gasteiger charge is 2.27. The predicted molar refractivity (Wildman–Crippen MR) is 160 cm³/mol. The quantitative estimate of drug-likeness (QED) is 0.355. The van der Waals surface area contributed by atoms with Crippen molar-refractivity contribution in [2.45, 2.75) is 45.0 Å². The topological polar surface area (TPSA) is 87.5 Å². The standard InChI is InChI=1S/C31H37F2N9O/c1-20-18-43-19-28-37-30-24(32)13-22(14-26(30)42(20)28)29-25(33)16-35-31(38-29)36-27-4-3-21(15-34-27)17-40-9-11-41(12-10-40)23-5-7-39(2)8-6-23/h3-4,13-16,20,23H,5-12,17-19H2,1-2H3,(H,34,35,36,38). The summed E-state index contributed by atoms with van der Waals surface area (Å²) in [5.41, 5.74) is 2.28. The Labute approximate surface area is 249 Å². The molecule has 1 atom stereocenters. The zero-order chi connectivity index (χ0) is 29.5. The molecular weight excluding hydrogens is 552 g/mol. The van der Waals surface area contributed by atoms with Crippen LogP contribution in [0.15, 0.2) is 36.7 Å². The second kappa shape index (κ2) is 11.8. The third-order valence-electron chi connectivity index (χ3n) is 8.95. The van der Waals surface area contributed by atoms with Crippen molar-refractivity contribution in [3.8, 4) is 11.3 Å². The van der Waals surface area contributed by atoms with Gasteiger partial charge in [0.15, 0.2) is 11.6 Å². The van der Waals surface area contributed by atoms with Crippen LogP contribution < -0.4 is 5.32 Å². The summed E-state index contributed by atoms with van der Waals surface area (Å²) in [6.45, 7) is 10.4. The molecule has 0 aliphatic carbocycles. The Hall–Kier alpha value is -3.58. The van der Waals surface area contributed by atoms with Crippen molar-refractivity contribution in [2.75, 3.05) is 58.2 Å². The van der Waals surface area contributed by atoms with Gasteiger partial charge in [0.05, 0.1) is 24.4 Å². The van der Waals surface area contributed by atoms with Crippen LogP contribution in [0.2, 0.25) is 0 Å². The Morgan fingerprint density at radius 1 is 0.953 bits per heavy atom. The van der Waals surface area contributed by atoms with E-state index in [1.807, 2.05) is 29.8 Å². The fraction of sp³-hybridized carbons (Fsp3) is 0.484. The summed E-state index contributed by atoms with van der Waals surface area (Å²) in [6, 6.07) is 7.62. The van der Waals surface area contributed by atoms with Gasteiger partial charge in [-0.3, -0.25) is 9.80 Å². The zero-order valence-electron chi connectivity index (χ0n) is 24.6. The van der Waals surface area contributed by atoms with Crippen LogP contribution in [0.5, 0.6) is 0 Å². The largest absolute Gasteiger partial charge is 0.371 e. The molecule has 0 amide bonds.